The van der Waals surface area contributed by atoms with Gasteiger partial charge in [-0.2, -0.15) is 8.78 Å². The Hall–Kier alpha value is -2.18. The smallest absolute Gasteiger partial charge is 0.459 e. The minimum Gasteiger partial charge on any atom is -0.459 e. The monoisotopic (exact) mass is 273 g/mol. The SMILES string of the molecule is CCOC(=O)C(F)(F)Oc1ccc(NC(C)=O)cc1. The van der Waals surface area contributed by atoms with E-state index in [0.29, 0.717) is 5.69 Å². The van der Waals surface area contributed by atoms with Crippen molar-refractivity contribution in [2.24, 2.45) is 0 Å². The predicted octanol–water partition coefficient (Wildman–Crippen LogP) is 2.18. The lowest BCUT2D eigenvalue weighted by atomic mass is 10.3. The summed E-state index contributed by atoms with van der Waals surface area (Å²) in [5, 5.41) is 2.46. The lowest BCUT2D eigenvalue weighted by Gasteiger charge is -2.16. The van der Waals surface area contributed by atoms with Crippen molar-refractivity contribution in [3.63, 3.8) is 0 Å². The second-order valence-corrected chi connectivity index (χ2v) is 3.54. The van der Waals surface area contributed by atoms with E-state index in [1.54, 1.807) is 0 Å². The Morgan fingerprint density at radius 2 is 1.84 bits per heavy atom. The molecule has 0 unspecified atom stereocenters. The first kappa shape index (κ1) is 14.9. The van der Waals surface area contributed by atoms with Gasteiger partial charge in [-0.05, 0) is 31.2 Å². The van der Waals surface area contributed by atoms with Gasteiger partial charge in [0.1, 0.15) is 5.75 Å². The van der Waals surface area contributed by atoms with E-state index in [4.69, 9.17) is 0 Å². The van der Waals surface area contributed by atoms with Crippen LogP contribution in [0, 0.1) is 0 Å². The summed E-state index contributed by atoms with van der Waals surface area (Å²) >= 11 is 0. The van der Waals surface area contributed by atoms with Gasteiger partial charge in [-0.15, -0.1) is 0 Å². The Bertz CT molecular complexity index is 459. The molecule has 0 saturated heterocycles. The molecule has 1 amide bonds. The van der Waals surface area contributed by atoms with Crippen LogP contribution in [0.2, 0.25) is 0 Å². The average Bonchev–Trinajstić information content (AvgIpc) is 2.31. The third-order valence-corrected chi connectivity index (χ3v) is 1.93. The van der Waals surface area contributed by atoms with Crippen molar-refractivity contribution in [1.82, 2.24) is 0 Å². The molecular weight excluding hydrogens is 260 g/mol. The zero-order valence-corrected chi connectivity index (χ0v) is 10.4. The van der Waals surface area contributed by atoms with E-state index < -0.39 is 12.1 Å². The van der Waals surface area contributed by atoms with Crippen LogP contribution in [-0.4, -0.2) is 24.6 Å². The molecule has 0 aromatic heterocycles. The third kappa shape index (κ3) is 4.53. The van der Waals surface area contributed by atoms with Crippen molar-refractivity contribution >= 4 is 17.6 Å². The number of halogens is 2. The van der Waals surface area contributed by atoms with Crippen LogP contribution in [0.15, 0.2) is 24.3 Å². The maximum Gasteiger partial charge on any atom is 0.502 e. The summed E-state index contributed by atoms with van der Waals surface area (Å²) in [6.45, 7) is 2.56. The molecule has 104 valence electrons. The number of ether oxygens (including phenoxy) is 2. The zero-order chi connectivity index (χ0) is 14.5. The van der Waals surface area contributed by atoms with E-state index in [0.717, 1.165) is 0 Å². The molecule has 1 rings (SSSR count). The van der Waals surface area contributed by atoms with Crippen LogP contribution < -0.4 is 10.1 Å². The first-order valence-corrected chi connectivity index (χ1v) is 5.47. The summed E-state index contributed by atoms with van der Waals surface area (Å²) in [7, 11) is 0. The summed E-state index contributed by atoms with van der Waals surface area (Å²) < 4.78 is 34.9. The number of esters is 1. The molecule has 0 fully saturated rings. The van der Waals surface area contributed by atoms with E-state index in [1.807, 2.05) is 0 Å². The van der Waals surface area contributed by atoms with Gasteiger partial charge in [-0.25, -0.2) is 4.79 Å². The molecule has 5 nitrogen and oxygen atoms in total. The largest absolute Gasteiger partial charge is 0.502 e. The Kier molecular flexibility index (Phi) is 4.80. The number of hydrogen-bond acceptors (Lipinski definition) is 4. The van der Waals surface area contributed by atoms with Gasteiger partial charge in [0, 0.05) is 12.6 Å². The molecule has 0 aliphatic rings. The van der Waals surface area contributed by atoms with Gasteiger partial charge in [0.25, 0.3) is 0 Å². The highest BCUT2D eigenvalue weighted by Gasteiger charge is 2.44. The quantitative estimate of drug-likeness (QED) is 0.835. The normalized spacial score (nSPS) is 10.7. The zero-order valence-electron chi connectivity index (χ0n) is 10.4. The molecule has 0 atom stereocenters. The standard InChI is InChI=1S/C12H13F2NO4/c1-3-18-11(17)12(13,14)19-10-6-4-9(5-7-10)15-8(2)16/h4-7H,3H2,1-2H3,(H,15,16). The first-order chi connectivity index (χ1) is 8.85. The summed E-state index contributed by atoms with van der Waals surface area (Å²) in [4.78, 5) is 21.7. The topological polar surface area (TPSA) is 64.6 Å². The molecule has 7 heteroatoms. The average molecular weight is 273 g/mol. The second kappa shape index (κ2) is 6.12. The highest BCUT2D eigenvalue weighted by Crippen LogP contribution is 2.24. The van der Waals surface area contributed by atoms with Gasteiger partial charge >= 0.3 is 12.1 Å². The van der Waals surface area contributed by atoms with E-state index in [2.05, 4.69) is 14.8 Å². The summed E-state index contributed by atoms with van der Waals surface area (Å²) in [5.41, 5.74) is 0.430. The summed E-state index contributed by atoms with van der Waals surface area (Å²) in [5.74, 6) is -2.25. The van der Waals surface area contributed by atoms with Gasteiger partial charge < -0.3 is 14.8 Å². The van der Waals surface area contributed by atoms with Gasteiger partial charge in [-0.3, -0.25) is 4.79 Å². The lowest BCUT2D eigenvalue weighted by molar-refractivity contribution is -0.216. The minimum absolute atomic E-state index is 0.167. The molecule has 19 heavy (non-hydrogen) atoms. The number of hydrogen-bond donors (Lipinski definition) is 1. The molecular formula is C12H13F2NO4. The molecule has 0 radical (unpaired) electrons. The highest BCUT2D eigenvalue weighted by molar-refractivity contribution is 5.88. The fourth-order valence-corrected chi connectivity index (χ4v) is 1.21. The number of anilines is 1. The second-order valence-electron chi connectivity index (χ2n) is 3.54. The van der Waals surface area contributed by atoms with E-state index in [-0.39, 0.29) is 18.3 Å². The lowest BCUT2D eigenvalue weighted by Crippen LogP contribution is -2.36. The fraction of sp³-hybridized carbons (Fsp3) is 0.333. The van der Waals surface area contributed by atoms with Crippen LogP contribution in [0.25, 0.3) is 0 Å². The van der Waals surface area contributed by atoms with Gasteiger partial charge in [0.15, 0.2) is 0 Å². The third-order valence-electron chi connectivity index (χ3n) is 1.93. The Morgan fingerprint density at radius 3 is 2.32 bits per heavy atom. The number of alkyl halides is 2. The number of amides is 1. The molecule has 0 saturated carbocycles. The summed E-state index contributed by atoms with van der Waals surface area (Å²) in [6, 6.07) is 5.16. The van der Waals surface area contributed by atoms with Crippen LogP contribution in [0.4, 0.5) is 14.5 Å². The molecule has 1 N–H and O–H groups in total. The van der Waals surface area contributed by atoms with Crippen LogP contribution in [0.3, 0.4) is 0 Å². The number of nitrogens with one attached hydrogen (secondary N) is 1. The van der Waals surface area contributed by atoms with E-state index in [9.17, 15) is 18.4 Å². The summed E-state index contributed by atoms with van der Waals surface area (Å²) in [6.07, 6.45) is -4.05. The van der Waals surface area contributed by atoms with Crippen molar-refractivity contribution in [2.45, 2.75) is 20.0 Å². The van der Waals surface area contributed by atoms with Gasteiger partial charge in [-0.1, -0.05) is 0 Å². The number of benzene rings is 1. The Balaban J connectivity index is 2.71. The van der Waals surface area contributed by atoms with Gasteiger partial charge in [0.05, 0.1) is 6.61 Å². The predicted molar refractivity (Wildman–Crippen MR) is 63.0 cm³/mol. The maximum absolute atomic E-state index is 13.2. The van der Waals surface area contributed by atoms with Crippen molar-refractivity contribution in [2.75, 3.05) is 11.9 Å². The molecule has 0 bridgehead atoms. The van der Waals surface area contributed by atoms with Crippen molar-refractivity contribution in [3.05, 3.63) is 24.3 Å². The van der Waals surface area contributed by atoms with Crippen LogP contribution >= 0.6 is 0 Å². The molecule has 0 spiro atoms. The molecule has 0 heterocycles. The Morgan fingerprint density at radius 1 is 1.26 bits per heavy atom. The van der Waals surface area contributed by atoms with E-state index in [1.165, 1.54) is 38.1 Å². The molecule has 1 aromatic rings. The molecule has 1 aromatic carbocycles. The minimum atomic E-state index is -4.05. The van der Waals surface area contributed by atoms with E-state index >= 15 is 0 Å². The van der Waals surface area contributed by atoms with Crippen LogP contribution in [-0.2, 0) is 14.3 Å². The van der Waals surface area contributed by atoms with Crippen molar-refractivity contribution in [1.29, 1.82) is 0 Å². The first-order valence-electron chi connectivity index (χ1n) is 5.47. The van der Waals surface area contributed by atoms with Crippen molar-refractivity contribution < 1.29 is 27.8 Å². The van der Waals surface area contributed by atoms with Crippen molar-refractivity contribution in [3.8, 4) is 5.75 Å². The van der Waals surface area contributed by atoms with Gasteiger partial charge in [0.2, 0.25) is 5.91 Å². The number of rotatable bonds is 5. The molecule has 0 aliphatic carbocycles. The maximum atomic E-state index is 13.2. The van der Waals surface area contributed by atoms with Crippen LogP contribution in [0.1, 0.15) is 13.8 Å². The Labute approximate surface area is 108 Å². The fourth-order valence-electron chi connectivity index (χ4n) is 1.21. The number of carbonyl (C=O) groups is 2. The molecule has 0 aliphatic heterocycles. The highest BCUT2D eigenvalue weighted by atomic mass is 19.3. The van der Waals surface area contributed by atoms with Crippen LogP contribution in [0.5, 0.6) is 5.75 Å². The number of carbonyl (C=O) groups excluding carboxylic acids is 2.